The van der Waals surface area contributed by atoms with Crippen LogP contribution in [0, 0.1) is 13.8 Å². The second-order valence-electron chi connectivity index (χ2n) is 6.56. The summed E-state index contributed by atoms with van der Waals surface area (Å²) in [4.78, 5) is 3.49. The lowest BCUT2D eigenvalue weighted by atomic mass is 10.0. The van der Waals surface area contributed by atoms with E-state index < -0.39 is 0 Å². The van der Waals surface area contributed by atoms with E-state index in [4.69, 9.17) is 0 Å². The van der Waals surface area contributed by atoms with Gasteiger partial charge in [0, 0.05) is 22.1 Å². The molecule has 1 aromatic heterocycles. The Kier molecular flexibility index (Phi) is 4.00. The monoisotopic (exact) mass is 258 g/mol. The number of rotatable bonds is 4. The average molecular weight is 258 g/mol. The summed E-state index contributed by atoms with van der Waals surface area (Å²) in [5, 5.41) is 4.95. The molecule has 2 aromatic rings. The molecule has 0 aliphatic rings. The SMILES string of the molecule is Cc1ccc2[nH]c(C)c(CCCNC(C)(C)C)c2c1. The largest absolute Gasteiger partial charge is 0.358 e. The van der Waals surface area contributed by atoms with Crippen molar-refractivity contribution < 1.29 is 0 Å². The van der Waals surface area contributed by atoms with Gasteiger partial charge in [-0.25, -0.2) is 0 Å². The van der Waals surface area contributed by atoms with E-state index in [-0.39, 0.29) is 5.54 Å². The van der Waals surface area contributed by atoms with Crippen LogP contribution >= 0.6 is 0 Å². The predicted octanol–water partition coefficient (Wildman–Crippen LogP) is 4.11. The van der Waals surface area contributed by atoms with Gasteiger partial charge in [-0.05, 0) is 71.7 Å². The highest BCUT2D eigenvalue weighted by molar-refractivity contribution is 5.85. The maximum absolute atomic E-state index is 3.55. The van der Waals surface area contributed by atoms with Crippen LogP contribution in [-0.2, 0) is 6.42 Å². The summed E-state index contributed by atoms with van der Waals surface area (Å²) in [6.45, 7) is 12.1. The standard InChI is InChI=1S/C17H26N2/c1-12-8-9-16-15(11-12)14(13(2)19-16)7-6-10-18-17(3,4)5/h8-9,11,18-19H,6-7,10H2,1-5H3. The Hall–Kier alpha value is -1.28. The second kappa shape index (κ2) is 5.38. The highest BCUT2D eigenvalue weighted by Gasteiger charge is 2.10. The summed E-state index contributed by atoms with van der Waals surface area (Å²) in [6, 6.07) is 6.66. The van der Waals surface area contributed by atoms with Gasteiger partial charge < -0.3 is 10.3 Å². The predicted molar refractivity (Wildman–Crippen MR) is 83.8 cm³/mol. The van der Waals surface area contributed by atoms with Gasteiger partial charge in [-0.3, -0.25) is 0 Å². The lowest BCUT2D eigenvalue weighted by molar-refractivity contribution is 0.422. The first-order valence-corrected chi connectivity index (χ1v) is 7.20. The molecule has 19 heavy (non-hydrogen) atoms. The van der Waals surface area contributed by atoms with Crippen LogP contribution in [0.25, 0.3) is 10.9 Å². The summed E-state index contributed by atoms with van der Waals surface area (Å²) < 4.78 is 0. The number of aryl methyl sites for hydroxylation is 3. The van der Waals surface area contributed by atoms with Gasteiger partial charge in [-0.15, -0.1) is 0 Å². The minimum Gasteiger partial charge on any atom is -0.358 e. The van der Waals surface area contributed by atoms with E-state index >= 15 is 0 Å². The van der Waals surface area contributed by atoms with Crippen molar-refractivity contribution in [3.63, 3.8) is 0 Å². The molecule has 0 saturated carbocycles. The van der Waals surface area contributed by atoms with E-state index in [1.54, 1.807) is 0 Å². The van der Waals surface area contributed by atoms with Crippen LogP contribution in [-0.4, -0.2) is 17.1 Å². The van der Waals surface area contributed by atoms with Gasteiger partial charge in [-0.2, -0.15) is 0 Å². The molecular weight excluding hydrogens is 232 g/mol. The third-order valence-corrected chi connectivity index (χ3v) is 3.53. The highest BCUT2D eigenvalue weighted by atomic mass is 14.9. The quantitative estimate of drug-likeness (QED) is 0.794. The molecule has 0 amide bonds. The Bertz CT molecular complexity index is 558. The fourth-order valence-corrected chi connectivity index (χ4v) is 2.55. The Balaban J connectivity index is 2.08. The van der Waals surface area contributed by atoms with Gasteiger partial charge in [-0.1, -0.05) is 11.6 Å². The van der Waals surface area contributed by atoms with Crippen molar-refractivity contribution in [3.05, 3.63) is 35.0 Å². The van der Waals surface area contributed by atoms with E-state index in [0.29, 0.717) is 0 Å². The molecule has 104 valence electrons. The van der Waals surface area contributed by atoms with Crippen molar-refractivity contribution in [2.24, 2.45) is 0 Å². The van der Waals surface area contributed by atoms with Gasteiger partial charge in [0.05, 0.1) is 0 Å². The molecule has 0 atom stereocenters. The van der Waals surface area contributed by atoms with Gasteiger partial charge in [0.2, 0.25) is 0 Å². The molecule has 0 bridgehead atoms. The minimum absolute atomic E-state index is 0.214. The van der Waals surface area contributed by atoms with Gasteiger partial charge >= 0.3 is 0 Å². The van der Waals surface area contributed by atoms with Crippen molar-refractivity contribution in [2.45, 2.75) is 53.0 Å². The number of nitrogens with one attached hydrogen (secondary N) is 2. The van der Waals surface area contributed by atoms with E-state index in [0.717, 1.165) is 13.0 Å². The summed E-state index contributed by atoms with van der Waals surface area (Å²) in [5.74, 6) is 0. The van der Waals surface area contributed by atoms with Gasteiger partial charge in [0.1, 0.15) is 0 Å². The zero-order chi connectivity index (χ0) is 14.0. The molecule has 1 aromatic carbocycles. The summed E-state index contributed by atoms with van der Waals surface area (Å²) >= 11 is 0. The number of H-pyrrole nitrogens is 1. The molecule has 0 aliphatic heterocycles. The van der Waals surface area contributed by atoms with Crippen LogP contribution in [0.1, 0.15) is 44.0 Å². The van der Waals surface area contributed by atoms with Crippen molar-refractivity contribution in [3.8, 4) is 0 Å². The molecule has 2 rings (SSSR count). The molecule has 0 aliphatic carbocycles. The van der Waals surface area contributed by atoms with Crippen molar-refractivity contribution in [1.29, 1.82) is 0 Å². The first kappa shape index (κ1) is 14.1. The number of aromatic nitrogens is 1. The molecule has 2 nitrogen and oxygen atoms in total. The van der Waals surface area contributed by atoms with Crippen LogP contribution in [0.3, 0.4) is 0 Å². The Morgan fingerprint density at radius 3 is 2.58 bits per heavy atom. The number of fused-ring (bicyclic) bond motifs is 1. The molecule has 2 heteroatoms. The van der Waals surface area contributed by atoms with E-state index in [1.165, 1.54) is 34.1 Å². The normalized spacial score (nSPS) is 12.3. The lowest BCUT2D eigenvalue weighted by Gasteiger charge is -2.20. The Morgan fingerprint density at radius 1 is 1.16 bits per heavy atom. The van der Waals surface area contributed by atoms with E-state index in [2.05, 4.69) is 63.1 Å². The van der Waals surface area contributed by atoms with Crippen molar-refractivity contribution >= 4 is 10.9 Å². The number of aromatic amines is 1. The zero-order valence-corrected chi connectivity index (χ0v) is 12.9. The smallest absolute Gasteiger partial charge is 0.0459 e. The maximum atomic E-state index is 3.55. The average Bonchev–Trinajstić information content (AvgIpc) is 2.59. The van der Waals surface area contributed by atoms with Gasteiger partial charge in [0.15, 0.2) is 0 Å². The van der Waals surface area contributed by atoms with Crippen LogP contribution in [0.15, 0.2) is 18.2 Å². The molecule has 1 heterocycles. The molecular formula is C17H26N2. The van der Waals surface area contributed by atoms with Crippen LogP contribution < -0.4 is 5.32 Å². The minimum atomic E-state index is 0.214. The summed E-state index contributed by atoms with van der Waals surface area (Å²) in [5.41, 5.74) is 5.61. The zero-order valence-electron chi connectivity index (χ0n) is 12.9. The van der Waals surface area contributed by atoms with Crippen molar-refractivity contribution in [2.75, 3.05) is 6.54 Å². The van der Waals surface area contributed by atoms with Crippen LogP contribution in [0.5, 0.6) is 0 Å². The first-order chi connectivity index (χ1) is 8.87. The lowest BCUT2D eigenvalue weighted by Crippen LogP contribution is -2.36. The third kappa shape index (κ3) is 3.60. The molecule has 0 radical (unpaired) electrons. The number of hydrogen-bond acceptors (Lipinski definition) is 1. The number of hydrogen-bond donors (Lipinski definition) is 2. The second-order valence-corrected chi connectivity index (χ2v) is 6.56. The van der Waals surface area contributed by atoms with E-state index in [1.807, 2.05) is 0 Å². The molecule has 2 N–H and O–H groups in total. The fraction of sp³-hybridized carbons (Fsp3) is 0.529. The maximum Gasteiger partial charge on any atom is 0.0459 e. The van der Waals surface area contributed by atoms with Crippen LogP contribution in [0.2, 0.25) is 0 Å². The topological polar surface area (TPSA) is 27.8 Å². The Labute approximate surface area is 116 Å². The summed E-state index contributed by atoms with van der Waals surface area (Å²) in [7, 11) is 0. The molecule has 0 unspecified atom stereocenters. The van der Waals surface area contributed by atoms with Gasteiger partial charge in [0.25, 0.3) is 0 Å². The number of benzene rings is 1. The van der Waals surface area contributed by atoms with Crippen molar-refractivity contribution in [1.82, 2.24) is 10.3 Å². The fourth-order valence-electron chi connectivity index (χ4n) is 2.55. The van der Waals surface area contributed by atoms with Crippen LogP contribution in [0.4, 0.5) is 0 Å². The first-order valence-electron chi connectivity index (χ1n) is 7.20. The highest BCUT2D eigenvalue weighted by Crippen LogP contribution is 2.24. The molecule has 0 saturated heterocycles. The molecule has 0 fully saturated rings. The van der Waals surface area contributed by atoms with E-state index in [9.17, 15) is 0 Å². The molecule has 0 spiro atoms. The summed E-state index contributed by atoms with van der Waals surface area (Å²) in [6.07, 6.45) is 2.32. The Morgan fingerprint density at radius 2 is 1.89 bits per heavy atom. The third-order valence-electron chi connectivity index (χ3n) is 3.53.